The third-order valence-corrected chi connectivity index (χ3v) is 4.63. The predicted molar refractivity (Wildman–Crippen MR) is 109 cm³/mol. The molecule has 0 saturated carbocycles. The van der Waals surface area contributed by atoms with Crippen LogP contribution in [0.3, 0.4) is 0 Å². The molecule has 3 rings (SSSR count). The Bertz CT molecular complexity index is 856. The molecule has 0 N–H and O–H groups in total. The van der Waals surface area contributed by atoms with E-state index >= 15 is 0 Å². The molecule has 0 aliphatic rings. The summed E-state index contributed by atoms with van der Waals surface area (Å²) in [6.07, 6.45) is 1.96. The van der Waals surface area contributed by atoms with Crippen LogP contribution in [0.4, 0.5) is 5.69 Å². The Kier molecular flexibility index (Phi) is 6.20. The number of benzene rings is 2. The summed E-state index contributed by atoms with van der Waals surface area (Å²) < 4.78 is 5.45. The van der Waals surface area contributed by atoms with Crippen LogP contribution in [0.1, 0.15) is 16.9 Å². The second-order valence-corrected chi connectivity index (χ2v) is 7.13. The number of halogens is 1. The maximum Gasteiger partial charge on any atom is 0.227 e. The van der Waals surface area contributed by atoms with Crippen LogP contribution in [-0.2, 0) is 24.3 Å². The van der Waals surface area contributed by atoms with Gasteiger partial charge in [-0.1, -0.05) is 35.9 Å². The van der Waals surface area contributed by atoms with Gasteiger partial charge in [0, 0.05) is 31.4 Å². The van der Waals surface area contributed by atoms with Gasteiger partial charge >= 0.3 is 0 Å². The van der Waals surface area contributed by atoms with Crippen molar-refractivity contribution in [2.45, 2.75) is 19.5 Å². The summed E-state index contributed by atoms with van der Waals surface area (Å²) in [5.74, 6) is 0.815. The fourth-order valence-corrected chi connectivity index (χ4v) is 2.96. The summed E-state index contributed by atoms with van der Waals surface area (Å²) in [6, 6.07) is 19.3. The first-order valence-electron chi connectivity index (χ1n) is 8.82. The Morgan fingerprint density at radius 3 is 2.19 bits per heavy atom. The standard InChI is InChI=1S/C22H23ClN2O2/c1-24(2)20-11-7-18(8-12-20)15-25(16-21-4-3-13-27-21)22(26)14-17-5-9-19(23)10-6-17/h3-13H,14-16H2,1-2H3. The zero-order valence-corrected chi connectivity index (χ0v) is 16.3. The van der Waals surface area contributed by atoms with E-state index in [9.17, 15) is 4.79 Å². The summed E-state index contributed by atoms with van der Waals surface area (Å²) in [6.45, 7) is 0.968. The maximum atomic E-state index is 12.9. The third kappa shape index (κ3) is 5.38. The van der Waals surface area contributed by atoms with Crippen molar-refractivity contribution < 1.29 is 9.21 Å². The molecule has 0 fully saturated rings. The highest BCUT2D eigenvalue weighted by Crippen LogP contribution is 2.17. The minimum absolute atomic E-state index is 0.0467. The lowest BCUT2D eigenvalue weighted by atomic mass is 10.1. The van der Waals surface area contributed by atoms with Crippen LogP contribution in [0.15, 0.2) is 71.3 Å². The highest BCUT2D eigenvalue weighted by atomic mass is 35.5. The molecule has 0 saturated heterocycles. The van der Waals surface area contributed by atoms with Crippen LogP contribution in [-0.4, -0.2) is 24.9 Å². The number of hydrogen-bond donors (Lipinski definition) is 0. The second-order valence-electron chi connectivity index (χ2n) is 6.69. The van der Waals surface area contributed by atoms with Gasteiger partial charge < -0.3 is 14.2 Å². The lowest BCUT2D eigenvalue weighted by Crippen LogP contribution is -2.31. The van der Waals surface area contributed by atoms with E-state index in [2.05, 4.69) is 29.2 Å². The Morgan fingerprint density at radius 2 is 1.59 bits per heavy atom. The van der Waals surface area contributed by atoms with E-state index in [1.165, 1.54) is 0 Å². The van der Waals surface area contributed by atoms with Gasteiger partial charge in [-0.3, -0.25) is 4.79 Å². The molecule has 4 nitrogen and oxygen atoms in total. The fraction of sp³-hybridized carbons (Fsp3) is 0.227. The van der Waals surface area contributed by atoms with Gasteiger partial charge in [-0.2, -0.15) is 0 Å². The maximum absolute atomic E-state index is 12.9. The van der Waals surface area contributed by atoms with Gasteiger partial charge in [0.1, 0.15) is 5.76 Å². The number of anilines is 1. The number of carbonyl (C=O) groups is 1. The fourth-order valence-electron chi connectivity index (χ4n) is 2.83. The van der Waals surface area contributed by atoms with Crippen molar-refractivity contribution in [1.82, 2.24) is 4.90 Å². The van der Waals surface area contributed by atoms with E-state index in [0.29, 0.717) is 24.5 Å². The van der Waals surface area contributed by atoms with E-state index in [1.807, 2.05) is 43.3 Å². The van der Waals surface area contributed by atoms with Crippen molar-refractivity contribution in [2.24, 2.45) is 0 Å². The van der Waals surface area contributed by atoms with Crippen molar-refractivity contribution >= 4 is 23.2 Å². The van der Waals surface area contributed by atoms with Gasteiger partial charge in [0.15, 0.2) is 0 Å². The molecule has 0 unspecified atom stereocenters. The third-order valence-electron chi connectivity index (χ3n) is 4.37. The Labute approximate surface area is 165 Å². The van der Waals surface area contributed by atoms with Crippen molar-refractivity contribution in [2.75, 3.05) is 19.0 Å². The summed E-state index contributed by atoms with van der Waals surface area (Å²) in [7, 11) is 4.02. The van der Waals surface area contributed by atoms with Crippen LogP contribution < -0.4 is 4.90 Å². The van der Waals surface area contributed by atoms with Crippen LogP contribution in [0.5, 0.6) is 0 Å². The minimum Gasteiger partial charge on any atom is -0.467 e. The molecule has 0 spiro atoms. The van der Waals surface area contributed by atoms with Gasteiger partial charge in [-0.25, -0.2) is 0 Å². The highest BCUT2D eigenvalue weighted by Gasteiger charge is 2.16. The van der Waals surface area contributed by atoms with Crippen molar-refractivity contribution in [3.8, 4) is 0 Å². The number of nitrogens with zero attached hydrogens (tertiary/aromatic N) is 2. The molecule has 3 aromatic rings. The molecule has 140 valence electrons. The number of rotatable bonds is 7. The smallest absolute Gasteiger partial charge is 0.227 e. The van der Waals surface area contributed by atoms with E-state index in [4.69, 9.17) is 16.0 Å². The molecule has 5 heteroatoms. The summed E-state index contributed by atoms with van der Waals surface area (Å²) in [4.78, 5) is 16.8. The van der Waals surface area contributed by atoms with Crippen molar-refractivity contribution in [1.29, 1.82) is 0 Å². The minimum atomic E-state index is 0.0467. The topological polar surface area (TPSA) is 36.7 Å². The Balaban J connectivity index is 1.75. The zero-order valence-electron chi connectivity index (χ0n) is 15.6. The van der Waals surface area contributed by atoms with Crippen LogP contribution in [0, 0.1) is 0 Å². The van der Waals surface area contributed by atoms with E-state index in [1.54, 1.807) is 18.4 Å². The SMILES string of the molecule is CN(C)c1ccc(CN(Cc2ccco2)C(=O)Cc2ccc(Cl)cc2)cc1. The van der Waals surface area contributed by atoms with Crippen LogP contribution in [0.2, 0.25) is 5.02 Å². The summed E-state index contributed by atoms with van der Waals surface area (Å²) in [5, 5.41) is 0.666. The highest BCUT2D eigenvalue weighted by molar-refractivity contribution is 6.30. The molecule has 0 bridgehead atoms. The van der Waals surface area contributed by atoms with E-state index in [-0.39, 0.29) is 5.91 Å². The van der Waals surface area contributed by atoms with Gasteiger partial charge in [-0.05, 0) is 47.5 Å². The van der Waals surface area contributed by atoms with Crippen LogP contribution in [0.25, 0.3) is 0 Å². The molecule has 1 amide bonds. The molecule has 1 heterocycles. The van der Waals surface area contributed by atoms with Gasteiger partial charge in [-0.15, -0.1) is 0 Å². The first kappa shape index (κ1) is 19.1. The van der Waals surface area contributed by atoms with Crippen molar-refractivity contribution in [3.63, 3.8) is 0 Å². The molecule has 0 aliphatic heterocycles. The van der Waals surface area contributed by atoms with Crippen molar-refractivity contribution in [3.05, 3.63) is 88.8 Å². The zero-order chi connectivity index (χ0) is 19.2. The molecular formula is C22H23ClN2O2. The quantitative estimate of drug-likeness (QED) is 0.590. The first-order valence-corrected chi connectivity index (χ1v) is 9.20. The van der Waals surface area contributed by atoms with Gasteiger partial charge in [0.25, 0.3) is 0 Å². The molecule has 0 radical (unpaired) electrons. The lowest BCUT2D eigenvalue weighted by molar-refractivity contribution is -0.132. The Hall–Kier alpha value is -2.72. The Morgan fingerprint density at radius 1 is 0.926 bits per heavy atom. The van der Waals surface area contributed by atoms with Gasteiger partial charge in [0.05, 0.1) is 19.2 Å². The molecule has 0 aliphatic carbocycles. The molecular weight excluding hydrogens is 360 g/mol. The molecule has 0 atom stereocenters. The largest absolute Gasteiger partial charge is 0.467 e. The monoisotopic (exact) mass is 382 g/mol. The number of hydrogen-bond acceptors (Lipinski definition) is 3. The van der Waals surface area contributed by atoms with E-state index in [0.717, 1.165) is 22.6 Å². The number of furan rings is 1. The summed E-state index contributed by atoms with van der Waals surface area (Å²) in [5.41, 5.74) is 3.15. The number of amides is 1. The predicted octanol–water partition coefficient (Wildman–Crippen LogP) is 4.77. The summed E-state index contributed by atoms with van der Waals surface area (Å²) >= 11 is 5.94. The molecule has 27 heavy (non-hydrogen) atoms. The first-order chi connectivity index (χ1) is 13.0. The molecule has 2 aromatic carbocycles. The van der Waals surface area contributed by atoms with Gasteiger partial charge in [0.2, 0.25) is 5.91 Å². The van der Waals surface area contributed by atoms with Crippen LogP contribution >= 0.6 is 11.6 Å². The average Bonchev–Trinajstić information content (AvgIpc) is 3.16. The normalized spacial score (nSPS) is 10.6. The van der Waals surface area contributed by atoms with E-state index < -0.39 is 0 Å². The molecule has 1 aromatic heterocycles. The second kappa shape index (κ2) is 8.78. The average molecular weight is 383 g/mol. The number of carbonyl (C=O) groups excluding carboxylic acids is 1. The lowest BCUT2D eigenvalue weighted by Gasteiger charge is -2.22.